The summed E-state index contributed by atoms with van der Waals surface area (Å²) >= 11 is 0. The van der Waals surface area contributed by atoms with Crippen LogP contribution >= 0.6 is 0 Å². The zero-order valence-corrected chi connectivity index (χ0v) is 12.1. The van der Waals surface area contributed by atoms with E-state index in [2.05, 4.69) is 24.2 Å². The number of hydrogen-bond acceptors (Lipinski definition) is 3. The third-order valence-corrected chi connectivity index (χ3v) is 4.22. The standard InChI is InChI=1S/C16H26N2O/c1-3-15(14-6-4-5-7-16(14)19)18(2)12-13-8-10-17-11-9-13/h4-7,13,15,17,19H,3,8-12H2,1-2H3. The van der Waals surface area contributed by atoms with Crippen molar-refractivity contribution in [3.05, 3.63) is 29.8 Å². The van der Waals surface area contributed by atoms with Gasteiger partial charge in [0.15, 0.2) is 0 Å². The Morgan fingerprint density at radius 1 is 1.32 bits per heavy atom. The molecule has 0 amide bonds. The summed E-state index contributed by atoms with van der Waals surface area (Å²) in [7, 11) is 2.18. The second-order valence-electron chi connectivity index (χ2n) is 5.62. The molecule has 1 aromatic carbocycles. The molecule has 0 radical (unpaired) electrons. The molecule has 1 aliphatic heterocycles. The van der Waals surface area contributed by atoms with Gasteiger partial charge < -0.3 is 10.4 Å². The average molecular weight is 262 g/mol. The highest BCUT2D eigenvalue weighted by Crippen LogP contribution is 2.31. The van der Waals surface area contributed by atoms with Crippen LogP contribution in [0.4, 0.5) is 0 Å². The van der Waals surface area contributed by atoms with Crippen LogP contribution in [-0.2, 0) is 0 Å². The van der Waals surface area contributed by atoms with Gasteiger partial charge in [-0.05, 0) is 51.4 Å². The van der Waals surface area contributed by atoms with Gasteiger partial charge in [0.1, 0.15) is 5.75 Å². The molecule has 1 unspecified atom stereocenters. The number of phenols is 1. The summed E-state index contributed by atoms with van der Waals surface area (Å²) < 4.78 is 0. The maximum Gasteiger partial charge on any atom is 0.120 e. The number of piperidine rings is 1. The Balaban J connectivity index is 2.02. The summed E-state index contributed by atoms with van der Waals surface area (Å²) in [6.45, 7) is 5.60. The molecule has 2 N–H and O–H groups in total. The van der Waals surface area contributed by atoms with Gasteiger partial charge in [-0.25, -0.2) is 0 Å². The van der Waals surface area contributed by atoms with Crippen LogP contribution in [0.25, 0.3) is 0 Å². The van der Waals surface area contributed by atoms with E-state index in [9.17, 15) is 5.11 Å². The van der Waals surface area contributed by atoms with E-state index in [1.807, 2.05) is 18.2 Å². The van der Waals surface area contributed by atoms with Gasteiger partial charge in [-0.1, -0.05) is 25.1 Å². The second-order valence-corrected chi connectivity index (χ2v) is 5.62. The third kappa shape index (κ3) is 3.71. The van der Waals surface area contributed by atoms with Crippen LogP contribution in [-0.4, -0.2) is 36.7 Å². The van der Waals surface area contributed by atoms with Crippen molar-refractivity contribution in [2.45, 2.75) is 32.2 Å². The minimum Gasteiger partial charge on any atom is -0.508 e. The van der Waals surface area contributed by atoms with Crippen molar-refractivity contribution in [1.82, 2.24) is 10.2 Å². The Morgan fingerprint density at radius 2 is 2.00 bits per heavy atom. The number of para-hydroxylation sites is 1. The van der Waals surface area contributed by atoms with Crippen LogP contribution in [0.3, 0.4) is 0 Å². The van der Waals surface area contributed by atoms with E-state index in [4.69, 9.17) is 0 Å². The number of aromatic hydroxyl groups is 1. The van der Waals surface area contributed by atoms with Crippen molar-refractivity contribution in [2.75, 3.05) is 26.7 Å². The Morgan fingerprint density at radius 3 is 2.63 bits per heavy atom. The first-order chi connectivity index (χ1) is 9.22. The predicted molar refractivity (Wildman–Crippen MR) is 79.4 cm³/mol. The molecule has 106 valence electrons. The minimum atomic E-state index is 0.316. The first-order valence-electron chi connectivity index (χ1n) is 7.41. The summed E-state index contributed by atoms with van der Waals surface area (Å²) in [6.07, 6.45) is 3.56. The van der Waals surface area contributed by atoms with E-state index in [1.165, 1.54) is 12.8 Å². The van der Waals surface area contributed by atoms with Gasteiger partial charge in [0.25, 0.3) is 0 Å². The first kappa shape index (κ1) is 14.4. The fraction of sp³-hybridized carbons (Fsp3) is 0.625. The monoisotopic (exact) mass is 262 g/mol. The lowest BCUT2D eigenvalue weighted by atomic mass is 9.95. The normalized spacial score (nSPS) is 18.7. The van der Waals surface area contributed by atoms with Gasteiger partial charge in [0.2, 0.25) is 0 Å². The fourth-order valence-corrected chi connectivity index (χ4v) is 3.14. The van der Waals surface area contributed by atoms with Crippen molar-refractivity contribution in [1.29, 1.82) is 0 Å². The molecule has 0 bridgehead atoms. The van der Waals surface area contributed by atoms with E-state index in [0.717, 1.165) is 37.5 Å². The topological polar surface area (TPSA) is 35.5 Å². The van der Waals surface area contributed by atoms with Crippen molar-refractivity contribution >= 4 is 0 Å². The molecular weight excluding hydrogens is 236 g/mol. The summed E-state index contributed by atoms with van der Waals surface area (Å²) in [5.74, 6) is 1.21. The molecule has 1 aliphatic rings. The Kier molecular flexibility index (Phi) is 5.23. The van der Waals surface area contributed by atoms with Crippen LogP contribution < -0.4 is 5.32 Å². The van der Waals surface area contributed by atoms with Crippen LogP contribution in [0.2, 0.25) is 0 Å². The lowest BCUT2D eigenvalue weighted by Crippen LogP contribution is -2.36. The number of hydrogen-bond donors (Lipinski definition) is 2. The molecule has 1 atom stereocenters. The Hall–Kier alpha value is -1.06. The average Bonchev–Trinajstić information content (AvgIpc) is 2.43. The molecule has 0 aliphatic carbocycles. The Bertz CT molecular complexity index is 388. The molecule has 1 fully saturated rings. The molecule has 3 heteroatoms. The van der Waals surface area contributed by atoms with Crippen LogP contribution in [0.15, 0.2) is 24.3 Å². The highest BCUT2D eigenvalue weighted by molar-refractivity contribution is 5.34. The van der Waals surface area contributed by atoms with Gasteiger partial charge in [-0.3, -0.25) is 4.90 Å². The van der Waals surface area contributed by atoms with Crippen LogP contribution in [0.5, 0.6) is 5.75 Å². The maximum atomic E-state index is 10.0. The van der Waals surface area contributed by atoms with Crippen LogP contribution in [0.1, 0.15) is 37.8 Å². The number of rotatable bonds is 5. The van der Waals surface area contributed by atoms with Crippen molar-refractivity contribution in [3.8, 4) is 5.75 Å². The molecule has 3 nitrogen and oxygen atoms in total. The van der Waals surface area contributed by atoms with Gasteiger partial charge in [0, 0.05) is 18.2 Å². The molecule has 0 aromatic heterocycles. The molecular formula is C16H26N2O. The summed E-state index contributed by atoms with van der Waals surface area (Å²) in [5.41, 5.74) is 1.06. The van der Waals surface area contributed by atoms with Crippen molar-refractivity contribution < 1.29 is 5.11 Å². The van der Waals surface area contributed by atoms with Gasteiger partial charge in [0.05, 0.1) is 0 Å². The largest absolute Gasteiger partial charge is 0.508 e. The highest BCUT2D eigenvalue weighted by Gasteiger charge is 2.22. The molecule has 2 rings (SSSR count). The molecule has 0 saturated carbocycles. The minimum absolute atomic E-state index is 0.316. The molecule has 1 aromatic rings. The van der Waals surface area contributed by atoms with Gasteiger partial charge >= 0.3 is 0 Å². The zero-order valence-electron chi connectivity index (χ0n) is 12.1. The van der Waals surface area contributed by atoms with Crippen LogP contribution in [0, 0.1) is 5.92 Å². The lowest BCUT2D eigenvalue weighted by molar-refractivity contribution is 0.180. The molecule has 1 heterocycles. The second kappa shape index (κ2) is 6.92. The predicted octanol–water partition coefficient (Wildman–Crippen LogP) is 2.77. The van der Waals surface area contributed by atoms with E-state index >= 15 is 0 Å². The smallest absolute Gasteiger partial charge is 0.120 e. The van der Waals surface area contributed by atoms with E-state index in [-0.39, 0.29) is 0 Å². The number of nitrogens with one attached hydrogen (secondary N) is 1. The SMILES string of the molecule is CCC(c1ccccc1O)N(C)CC1CCNCC1. The summed E-state index contributed by atoms with van der Waals surface area (Å²) in [4.78, 5) is 2.41. The number of nitrogens with zero attached hydrogens (tertiary/aromatic N) is 1. The van der Waals surface area contributed by atoms with E-state index in [0.29, 0.717) is 11.8 Å². The number of benzene rings is 1. The lowest BCUT2D eigenvalue weighted by Gasteiger charge is -2.33. The molecule has 19 heavy (non-hydrogen) atoms. The van der Waals surface area contributed by atoms with Gasteiger partial charge in [-0.2, -0.15) is 0 Å². The third-order valence-electron chi connectivity index (χ3n) is 4.22. The van der Waals surface area contributed by atoms with Crippen molar-refractivity contribution in [2.24, 2.45) is 5.92 Å². The summed E-state index contributed by atoms with van der Waals surface area (Å²) in [6, 6.07) is 8.05. The molecule has 1 saturated heterocycles. The quantitative estimate of drug-likeness (QED) is 0.856. The van der Waals surface area contributed by atoms with Crippen molar-refractivity contribution in [3.63, 3.8) is 0 Å². The Labute approximate surface area is 116 Å². The maximum absolute atomic E-state index is 10.0. The van der Waals surface area contributed by atoms with E-state index in [1.54, 1.807) is 6.07 Å². The fourth-order valence-electron chi connectivity index (χ4n) is 3.14. The first-order valence-corrected chi connectivity index (χ1v) is 7.41. The zero-order chi connectivity index (χ0) is 13.7. The number of phenolic OH excluding ortho intramolecular Hbond substituents is 1. The molecule has 0 spiro atoms. The van der Waals surface area contributed by atoms with Gasteiger partial charge in [-0.15, -0.1) is 0 Å². The summed E-state index contributed by atoms with van der Waals surface area (Å²) in [5, 5.41) is 13.4. The van der Waals surface area contributed by atoms with E-state index < -0.39 is 0 Å². The highest BCUT2D eigenvalue weighted by atomic mass is 16.3.